The maximum absolute atomic E-state index is 13.2. The van der Waals surface area contributed by atoms with Crippen LogP contribution in [0, 0.1) is 0 Å². The van der Waals surface area contributed by atoms with Gasteiger partial charge in [-0.2, -0.15) is 0 Å². The van der Waals surface area contributed by atoms with E-state index in [4.69, 9.17) is 14.8 Å². The van der Waals surface area contributed by atoms with Crippen molar-refractivity contribution in [1.82, 2.24) is 10.3 Å². The molecule has 2 aromatic carbocycles. The molecule has 2 aromatic rings. The Morgan fingerprint density at radius 2 is 1.87 bits per heavy atom. The third-order valence-electron chi connectivity index (χ3n) is 5.16. The molecule has 0 aromatic heterocycles. The molecule has 0 aliphatic carbocycles. The number of unbranched alkanes of at least 4 members (excludes halogenated alkanes) is 2. The van der Waals surface area contributed by atoms with Gasteiger partial charge in [-0.05, 0) is 25.0 Å². The second-order valence-corrected chi connectivity index (χ2v) is 8.60. The van der Waals surface area contributed by atoms with Gasteiger partial charge in [0.2, 0.25) is 0 Å². The minimum atomic E-state index is -0.463. The summed E-state index contributed by atoms with van der Waals surface area (Å²) in [6.07, 6.45) is 3.88. The lowest BCUT2D eigenvalue weighted by Gasteiger charge is -2.34. The molecule has 0 bridgehead atoms. The van der Waals surface area contributed by atoms with Crippen LogP contribution in [0.15, 0.2) is 58.6 Å². The van der Waals surface area contributed by atoms with Crippen molar-refractivity contribution in [2.45, 2.75) is 45.7 Å². The first-order chi connectivity index (χ1) is 15.2. The zero-order valence-corrected chi connectivity index (χ0v) is 18.8. The average molecular weight is 437 g/mol. The number of nitrogens with one attached hydrogen (secondary N) is 1. The molecular weight excluding hydrogens is 408 g/mol. The fourth-order valence-electron chi connectivity index (χ4n) is 3.65. The first-order valence-electron chi connectivity index (χ1n) is 10.9. The molecule has 0 saturated carbocycles. The maximum atomic E-state index is 13.2. The van der Waals surface area contributed by atoms with Crippen LogP contribution >= 0.6 is 11.8 Å². The van der Waals surface area contributed by atoms with Crippen molar-refractivity contribution in [2.24, 2.45) is 10.1 Å². The lowest BCUT2D eigenvalue weighted by Crippen LogP contribution is -2.50. The van der Waals surface area contributed by atoms with Crippen molar-refractivity contribution >= 4 is 28.5 Å². The number of hydrazone groups is 1. The number of hydrogen-bond donors (Lipinski definition) is 1. The zero-order chi connectivity index (χ0) is 21.6. The first kappa shape index (κ1) is 21.4. The van der Waals surface area contributed by atoms with Crippen molar-refractivity contribution in [2.75, 3.05) is 12.4 Å². The van der Waals surface area contributed by atoms with Crippen molar-refractivity contribution in [3.8, 4) is 5.75 Å². The Hall–Kier alpha value is -2.80. The number of para-hydroxylation sites is 2. The summed E-state index contributed by atoms with van der Waals surface area (Å²) in [4.78, 5) is 18.1. The quantitative estimate of drug-likeness (QED) is 0.643. The molecule has 1 atom stereocenters. The Bertz CT molecular complexity index is 1100. The molecule has 0 unspecified atom stereocenters. The summed E-state index contributed by atoms with van der Waals surface area (Å²) in [5.74, 6) is 1.55. The number of rotatable bonds is 8. The van der Waals surface area contributed by atoms with E-state index in [-0.39, 0.29) is 5.91 Å². The molecule has 31 heavy (non-hydrogen) atoms. The van der Waals surface area contributed by atoms with Crippen LogP contribution in [-0.4, -0.2) is 28.4 Å². The van der Waals surface area contributed by atoms with Gasteiger partial charge in [0.05, 0.1) is 12.0 Å². The summed E-state index contributed by atoms with van der Waals surface area (Å²) in [6, 6.07) is 15.6. The van der Waals surface area contributed by atoms with E-state index in [2.05, 4.69) is 19.2 Å². The summed E-state index contributed by atoms with van der Waals surface area (Å²) in [5, 5.41) is 11.8. The highest BCUT2D eigenvalue weighted by Gasteiger charge is 2.35. The van der Waals surface area contributed by atoms with Gasteiger partial charge in [0.15, 0.2) is 11.3 Å². The van der Waals surface area contributed by atoms with Gasteiger partial charge >= 0.3 is 0 Å². The van der Waals surface area contributed by atoms with Crippen LogP contribution in [0.3, 0.4) is 0 Å². The van der Waals surface area contributed by atoms with Gasteiger partial charge in [-0.1, -0.05) is 74.8 Å². The molecule has 162 valence electrons. The highest BCUT2D eigenvalue weighted by molar-refractivity contribution is 8.13. The lowest BCUT2D eigenvalue weighted by molar-refractivity contribution is -0.116. The second kappa shape index (κ2) is 10.0. The number of thioether (sulfide) groups is 1. The van der Waals surface area contributed by atoms with Gasteiger partial charge in [-0.15, -0.1) is 5.10 Å². The number of hydrogen-bond acceptors (Lipinski definition) is 6. The topological polar surface area (TPSA) is 66.3 Å². The Labute approximate surface area is 187 Å². The monoisotopic (exact) mass is 436 g/mol. The molecule has 6 nitrogen and oxygen atoms in total. The standard InChI is InChI=1S/C24H28N4O2S/c1-3-5-10-16-31-24-26-23(29)21-17-11-6-8-13-19(17)25-22(28(21)27-24)18-12-7-9-14-20(18)30-15-4-2/h6-9,11-14,22H,3-5,10,15-16H2,1-2H3,(H,26,27,29)/t22-/m1/s1. The highest BCUT2D eigenvalue weighted by atomic mass is 32.2. The van der Waals surface area contributed by atoms with Crippen LogP contribution in [0.1, 0.15) is 51.3 Å². The Morgan fingerprint density at radius 1 is 1.06 bits per heavy atom. The number of amides is 1. The van der Waals surface area contributed by atoms with Crippen molar-refractivity contribution in [3.05, 3.63) is 64.7 Å². The summed E-state index contributed by atoms with van der Waals surface area (Å²) in [7, 11) is 0. The van der Waals surface area contributed by atoms with E-state index < -0.39 is 6.17 Å². The number of benzene rings is 2. The number of amidine groups is 1. The van der Waals surface area contributed by atoms with E-state index in [0.29, 0.717) is 17.5 Å². The molecule has 0 fully saturated rings. The van der Waals surface area contributed by atoms with Crippen LogP contribution < -0.4 is 20.6 Å². The van der Waals surface area contributed by atoms with Gasteiger partial charge in [0, 0.05) is 16.5 Å². The third kappa shape index (κ3) is 4.61. The zero-order valence-electron chi connectivity index (χ0n) is 18.0. The van der Waals surface area contributed by atoms with Gasteiger partial charge in [-0.3, -0.25) is 15.1 Å². The van der Waals surface area contributed by atoms with Crippen LogP contribution in [0.4, 0.5) is 0 Å². The van der Waals surface area contributed by atoms with Crippen LogP contribution in [0.2, 0.25) is 0 Å². The normalized spacial score (nSPS) is 17.3. The molecule has 7 heteroatoms. The van der Waals surface area contributed by atoms with E-state index in [1.165, 1.54) is 6.42 Å². The Morgan fingerprint density at radius 3 is 2.71 bits per heavy atom. The van der Waals surface area contributed by atoms with Crippen LogP contribution in [0.25, 0.3) is 5.70 Å². The smallest absolute Gasteiger partial charge is 0.276 e. The molecule has 2 heterocycles. The van der Waals surface area contributed by atoms with Gasteiger partial charge < -0.3 is 4.74 Å². The van der Waals surface area contributed by atoms with E-state index in [9.17, 15) is 4.79 Å². The van der Waals surface area contributed by atoms with Crippen LogP contribution in [-0.2, 0) is 4.79 Å². The van der Waals surface area contributed by atoms with E-state index in [0.717, 1.165) is 46.9 Å². The number of nitrogens with zero attached hydrogens (tertiary/aromatic N) is 3. The first-order valence-corrected chi connectivity index (χ1v) is 11.9. The second-order valence-electron chi connectivity index (χ2n) is 7.51. The molecule has 1 N–H and O–H groups in total. The van der Waals surface area contributed by atoms with Crippen molar-refractivity contribution < 1.29 is 9.53 Å². The van der Waals surface area contributed by atoms with Crippen molar-refractivity contribution in [1.29, 1.82) is 0 Å². The van der Waals surface area contributed by atoms with Gasteiger partial charge in [-0.25, -0.2) is 5.01 Å². The molecule has 2 aliphatic heterocycles. The fourth-order valence-corrected chi connectivity index (χ4v) is 4.51. The summed E-state index contributed by atoms with van der Waals surface area (Å²) in [5.41, 5.74) is 1.43. The highest BCUT2D eigenvalue weighted by Crippen LogP contribution is 2.35. The van der Waals surface area contributed by atoms with Gasteiger partial charge in [0.1, 0.15) is 11.4 Å². The largest absolute Gasteiger partial charge is 0.493 e. The molecule has 1 amide bonds. The predicted molar refractivity (Wildman–Crippen MR) is 125 cm³/mol. The molecule has 0 radical (unpaired) electrons. The predicted octanol–water partition coefficient (Wildman–Crippen LogP) is 3.54. The van der Waals surface area contributed by atoms with Crippen molar-refractivity contribution in [3.63, 3.8) is 0 Å². The fraction of sp³-hybridized carbons (Fsp3) is 0.375. The number of fused-ring (bicyclic) bond motifs is 2. The summed E-state index contributed by atoms with van der Waals surface area (Å²) >= 11 is 1.58. The SMILES string of the molecule is CCCCCSC1=NN2C(=c3ccccc3=N[C@H]2c2ccccc2OCCC)C(=O)N1. The molecule has 2 aliphatic rings. The molecule has 0 saturated heterocycles. The van der Waals surface area contributed by atoms with E-state index >= 15 is 0 Å². The number of carbonyl (C=O) groups is 1. The molecule has 0 spiro atoms. The summed E-state index contributed by atoms with van der Waals surface area (Å²) < 4.78 is 6.00. The van der Waals surface area contributed by atoms with E-state index in [1.54, 1.807) is 16.8 Å². The number of carbonyl (C=O) groups excluding carboxylic acids is 1. The maximum Gasteiger partial charge on any atom is 0.276 e. The average Bonchev–Trinajstić information content (AvgIpc) is 2.80. The summed E-state index contributed by atoms with van der Waals surface area (Å²) in [6.45, 7) is 4.89. The third-order valence-corrected chi connectivity index (χ3v) is 6.11. The van der Waals surface area contributed by atoms with Gasteiger partial charge in [0.25, 0.3) is 5.91 Å². The minimum Gasteiger partial charge on any atom is -0.493 e. The minimum absolute atomic E-state index is 0.146. The lowest BCUT2D eigenvalue weighted by atomic mass is 10.1. The Kier molecular flexibility index (Phi) is 6.92. The van der Waals surface area contributed by atoms with Crippen LogP contribution in [0.5, 0.6) is 5.75 Å². The van der Waals surface area contributed by atoms with E-state index in [1.807, 2.05) is 48.5 Å². The molecular formula is C24H28N4O2S. The Balaban J connectivity index is 1.78. The number of ether oxygens (including phenoxy) is 1. The molecule has 4 rings (SSSR count).